The normalized spacial score (nSPS) is 12.1. The van der Waals surface area contributed by atoms with E-state index in [4.69, 9.17) is 9.47 Å². The van der Waals surface area contributed by atoms with Gasteiger partial charge in [0, 0.05) is 18.7 Å². The minimum absolute atomic E-state index is 0.0515. The van der Waals surface area contributed by atoms with Crippen molar-refractivity contribution < 1.29 is 28.4 Å². The fraction of sp³-hybridized carbons (Fsp3) is 0.111. The number of anilines is 2. The van der Waals surface area contributed by atoms with Gasteiger partial charge in [0.05, 0.1) is 22.2 Å². The topological polar surface area (TPSA) is 120 Å². The summed E-state index contributed by atoms with van der Waals surface area (Å²) in [5.74, 6) is -1.21. The van der Waals surface area contributed by atoms with Crippen molar-refractivity contribution in [3.63, 3.8) is 0 Å². The number of fused-ring (bicyclic) bond motifs is 1. The summed E-state index contributed by atoms with van der Waals surface area (Å²) in [7, 11) is 0. The van der Waals surface area contributed by atoms with E-state index in [2.05, 4.69) is 10.6 Å². The molecule has 0 fully saturated rings. The molecule has 0 saturated heterocycles. The van der Waals surface area contributed by atoms with Crippen LogP contribution in [0.4, 0.5) is 21.5 Å². The zero-order valence-electron chi connectivity index (χ0n) is 14.5. The molecule has 2 aromatic rings. The summed E-state index contributed by atoms with van der Waals surface area (Å²) in [4.78, 5) is 33.8. The number of halogens is 1. The largest absolute Gasteiger partial charge is 0.454 e. The van der Waals surface area contributed by atoms with Crippen LogP contribution in [0.5, 0.6) is 11.5 Å². The van der Waals surface area contributed by atoms with Crippen molar-refractivity contribution in [2.75, 3.05) is 17.4 Å². The van der Waals surface area contributed by atoms with E-state index in [-0.39, 0.29) is 35.4 Å². The number of nitro groups is 1. The molecule has 0 atom stereocenters. The van der Waals surface area contributed by atoms with Gasteiger partial charge in [-0.3, -0.25) is 19.7 Å². The van der Waals surface area contributed by atoms with E-state index in [1.54, 1.807) is 0 Å². The number of nitrogens with one attached hydrogen (secondary N) is 2. The van der Waals surface area contributed by atoms with Crippen LogP contribution in [-0.2, 0) is 9.59 Å². The van der Waals surface area contributed by atoms with Crippen LogP contribution in [-0.4, -0.2) is 23.5 Å². The first kappa shape index (κ1) is 18.8. The van der Waals surface area contributed by atoms with Gasteiger partial charge >= 0.3 is 0 Å². The Hall–Kier alpha value is -3.95. The number of nitrogens with zero attached hydrogens (tertiary/aromatic N) is 1. The van der Waals surface area contributed by atoms with Gasteiger partial charge in [0.15, 0.2) is 11.5 Å². The van der Waals surface area contributed by atoms with Crippen LogP contribution in [0, 0.1) is 15.9 Å². The molecule has 1 heterocycles. The second-order valence-corrected chi connectivity index (χ2v) is 5.72. The minimum Gasteiger partial charge on any atom is -0.454 e. The molecule has 9 nitrogen and oxygen atoms in total. The van der Waals surface area contributed by atoms with E-state index in [9.17, 15) is 24.1 Å². The van der Waals surface area contributed by atoms with E-state index in [0.29, 0.717) is 11.4 Å². The Bertz CT molecular complexity index is 1010. The van der Waals surface area contributed by atoms with Crippen LogP contribution in [0.1, 0.15) is 12.5 Å². The van der Waals surface area contributed by atoms with Gasteiger partial charge in [-0.1, -0.05) is 0 Å². The molecule has 1 aliphatic rings. The SMILES string of the molecule is CC(=O)Nc1ccc(F)c(NC(=O)/C=C/c2cc3c(cc2[N+](=O)[O-])OCO3)c1. The van der Waals surface area contributed by atoms with Gasteiger partial charge in [-0.2, -0.15) is 0 Å². The van der Waals surface area contributed by atoms with Crippen LogP contribution in [0.15, 0.2) is 36.4 Å². The highest BCUT2D eigenvalue weighted by molar-refractivity contribution is 6.03. The highest BCUT2D eigenvalue weighted by Gasteiger charge is 2.22. The molecule has 0 saturated carbocycles. The zero-order valence-corrected chi connectivity index (χ0v) is 14.5. The van der Waals surface area contributed by atoms with Crippen LogP contribution in [0.25, 0.3) is 6.08 Å². The standard InChI is InChI=1S/C18H14FN3O6/c1-10(23)20-12-3-4-13(19)14(7-12)21-18(24)5-2-11-6-16-17(28-9-27-16)8-15(11)22(25)26/h2-8H,9H2,1H3,(H,20,23)(H,21,24)/b5-2+. The molecule has 0 unspecified atom stereocenters. The minimum atomic E-state index is -0.717. The van der Waals surface area contributed by atoms with Crippen molar-refractivity contribution in [1.82, 2.24) is 0 Å². The fourth-order valence-electron chi connectivity index (χ4n) is 2.48. The van der Waals surface area contributed by atoms with Crippen LogP contribution < -0.4 is 20.1 Å². The summed E-state index contributed by atoms with van der Waals surface area (Å²) in [6.45, 7) is 1.24. The number of rotatable bonds is 5. The third-order valence-corrected chi connectivity index (χ3v) is 3.68. The summed E-state index contributed by atoms with van der Waals surface area (Å²) in [6, 6.07) is 6.27. The Labute approximate surface area is 157 Å². The molecule has 28 heavy (non-hydrogen) atoms. The van der Waals surface area contributed by atoms with Crippen molar-refractivity contribution in [2.24, 2.45) is 0 Å². The number of amides is 2. The summed E-state index contributed by atoms with van der Waals surface area (Å²) in [5, 5.41) is 16.0. The highest BCUT2D eigenvalue weighted by Crippen LogP contribution is 2.38. The maximum atomic E-state index is 13.9. The lowest BCUT2D eigenvalue weighted by molar-refractivity contribution is -0.385. The first-order valence-electron chi connectivity index (χ1n) is 7.98. The Morgan fingerprint density at radius 3 is 2.57 bits per heavy atom. The lowest BCUT2D eigenvalue weighted by Gasteiger charge is -2.07. The maximum absolute atomic E-state index is 13.9. The Morgan fingerprint density at radius 1 is 1.18 bits per heavy atom. The molecular weight excluding hydrogens is 373 g/mol. The first-order chi connectivity index (χ1) is 13.3. The zero-order chi connectivity index (χ0) is 20.3. The molecule has 3 rings (SSSR count). The van der Waals surface area contributed by atoms with Crippen molar-refractivity contribution >= 4 is 35.0 Å². The van der Waals surface area contributed by atoms with Gasteiger partial charge in [-0.25, -0.2) is 4.39 Å². The molecular formula is C18H14FN3O6. The molecule has 10 heteroatoms. The predicted octanol–water partition coefficient (Wildman–Crippen LogP) is 3.07. The second kappa shape index (κ2) is 7.74. The molecule has 2 aromatic carbocycles. The number of hydrogen-bond donors (Lipinski definition) is 2. The third-order valence-electron chi connectivity index (χ3n) is 3.68. The number of hydrogen-bond acceptors (Lipinski definition) is 6. The summed E-state index contributed by atoms with van der Waals surface area (Å²) in [5.41, 5.74) is 0.00433. The number of ether oxygens (including phenoxy) is 2. The number of carbonyl (C=O) groups excluding carboxylic acids is 2. The van der Waals surface area contributed by atoms with Crippen LogP contribution >= 0.6 is 0 Å². The Balaban J connectivity index is 1.79. The number of carbonyl (C=O) groups is 2. The van der Waals surface area contributed by atoms with Crippen molar-refractivity contribution in [1.29, 1.82) is 0 Å². The monoisotopic (exact) mass is 387 g/mol. The first-order valence-corrected chi connectivity index (χ1v) is 7.98. The molecule has 0 radical (unpaired) electrons. The summed E-state index contributed by atoms with van der Waals surface area (Å²) >= 11 is 0. The van der Waals surface area contributed by atoms with Crippen molar-refractivity contribution in [3.05, 3.63) is 57.9 Å². The molecule has 0 spiro atoms. The molecule has 144 valence electrons. The molecule has 1 aliphatic heterocycles. The van der Waals surface area contributed by atoms with Crippen LogP contribution in [0.2, 0.25) is 0 Å². The van der Waals surface area contributed by atoms with E-state index in [1.807, 2.05) is 0 Å². The van der Waals surface area contributed by atoms with Gasteiger partial charge in [-0.15, -0.1) is 0 Å². The maximum Gasteiger partial charge on any atom is 0.280 e. The number of benzene rings is 2. The van der Waals surface area contributed by atoms with E-state index in [0.717, 1.165) is 12.1 Å². The molecule has 2 N–H and O–H groups in total. The Morgan fingerprint density at radius 2 is 1.89 bits per heavy atom. The average Bonchev–Trinajstić information content (AvgIpc) is 3.08. The second-order valence-electron chi connectivity index (χ2n) is 5.72. The average molecular weight is 387 g/mol. The van der Waals surface area contributed by atoms with Gasteiger partial charge in [0.25, 0.3) is 5.69 Å². The molecule has 0 bridgehead atoms. The van der Waals surface area contributed by atoms with E-state index < -0.39 is 16.6 Å². The van der Waals surface area contributed by atoms with Gasteiger partial charge in [0.2, 0.25) is 18.6 Å². The van der Waals surface area contributed by atoms with Gasteiger partial charge in [0.1, 0.15) is 5.82 Å². The quantitative estimate of drug-likeness (QED) is 0.462. The molecule has 0 aliphatic carbocycles. The van der Waals surface area contributed by atoms with E-state index >= 15 is 0 Å². The summed E-state index contributed by atoms with van der Waals surface area (Å²) in [6.07, 6.45) is 2.24. The van der Waals surface area contributed by atoms with E-state index in [1.165, 1.54) is 37.3 Å². The third kappa shape index (κ3) is 4.23. The van der Waals surface area contributed by atoms with Gasteiger partial charge < -0.3 is 20.1 Å². The summed E-state index contributed by atoms with van der Waals surface area (Å²) < 4.78 is 24.2. The smallest absolute Gasteiger partial charge is 0.280 e. The predicted molar refractivity (Wildman–Crippen MR) is 97.6 cm³/mol. The Kier molecular flexibility index (Phi) is 5.21. The van der Waals surface area contributed by atoms with Gasteiger partial charge in [-0.05, 0) is 30.3 Å². The van der Waals surface area contributed by atoms with Crippen LogP contribution in [0.3, 0.4) is 0 Å². The lowest BCUT2D eigenvalue weighted by atomic mass is 10.1. The van der Waals surface area contributed by atoms with Crippen molar-refractivity contribution in [3.8, 4) is 11.5 Å². The fourth-order valence-corrected chi connectivity index (χ4v) is 2.48. The lowest BCUT2D eigenvalue weighted by Crippen LogP contribution is -2.11. The molecule has 2 amide bonds. The van der Waals surface area contributed by atoms with Crippen molar-refractivity contribution in [2.45, 2.75) is 6.92 Å². The molecule has 0 aromatic heterocycles. The number of nitro benzene ring substituents is 1. The highest BCUT2D eigenvalue weighted by atomic mass is 19.1.